The highest BCUT2D eigenvalue weighted by molar-refractivity contribution is 8.01. The van der Waals surface area contributed by atoms with Crippen LogP contribution in [0.2, 0.25) is 0 Å². The third kappa shape index (κ3) is 1.87. The van der Waals surface area contributed by atoms with Crippen molar-refractivity contribution in [3.05, 3.63) is 24.3 Å². The summed E-state index contributed by atoms with van der Waals surface area (Å²) in [6.07, 6.45) is 0.516. The second kappa shape index (κ2) is 4.24. The number of rotatable bonds is 2. The van der Waals surface area contributed by atoms with Gasteiger partial charge in [-0.15, -0.1) is 11.8 Å². The van der Waals surface area contributed by atoms with Crippen molar-refractivity contribution in [2.75, 3.05) is 18.6 Å². The van der Waals surface area contributed by atoms with Gasteiger partial charge < -0.3 is 10.0 Å². The van der Waals surface area contributed by atoms with Crippen molar-refractivity contribution < 1.29 is 9.90 Å². The van der Waals surface area contributed by atoms with Crippen molar-refractivity contribution in [1.82, 2.24) is 0 Å². The molecular formula is C11H13NO2S. The van der Waals surface area contributed by atoms with Crippen LogP contribution in [0, 0.1) is 0 Å². The van der Waals surface area contributed by atoms with Crippen LogP contribution in [0.25, 0.3) is 0 Å². The second-order valence-electron chi connectivity index (χ2n) is 3.48. The number of carbonyl (C=O) groups excluding carboxylic acids is 1. The summed E-state index contributed by atoms with van der Waals surface area (Å²) in [7, 11) is 1.78. The lowest BCUT2D eigenvalue weighted by atomic mass is 10.2. The topological polar surface area (TPSA) is 40.5 Å². The van der Waals surface area contributed by atoms with Crippen LogP contribution in [0.3, 0.4) is 0 Å². The molecule has 1 aromatic carbocycles. The van der Waals surface area contributed by atoms with Gasteiger partial charge in [-0.3, -0.25) is 4.79 Å². The molecule has 2 rings (SSSR count). The van der Waals surface area contributed by atoms with Gasteiger partial charge in [0.25, 0.3) is 0 Å². The van der Waals surface area contributed by atoms with Gasteiger partial charge in [-0.05, 0) is 18.6 Å². The highest BCUT2D eigenvalue weighted by atomic mass is 32.2. The van der Waals surface area contributed by atoms with Crippen molar-refractivity contribution in [3.8, 4) is 0 Å². The van der Waals surface area contributed by atoms with E-state index in [0.717, 1.165) is 10.6 Å². The van der Waals surface area contributed by atoms with Gasteiger partial charge >= 0.3 is 0 Å². The number of amides is 1. The minimum absolute atomic E-state index is 0.0550. The number of carbonyl (C=O) groups is 1. The molecule has 80 valence electrons. The number of fused-ring (bicyclic) bond motifs is 1. The molecule has 1 atom stereocenters. The van der Waals surface area contributed by atoms with Crippen molar-refractivity contribution in [2.45, 2.75) is 16.6 Å². The quantitative estimate of drug-likeness (QED) is 0.826. The summed E-state index contributed by atoms with van der Waals surface area (Å²) >= 11 is 1.54. The molecule has 1 amide bonds. The average molecular weight is 223 g/mol. The average Bonchev–Trinajstić information content (AvgIpc) is 2.26. The Morgan fingerprint density at radius 1 is 1.47 bits per heavy atom. The molecule has 15 heavy (non-hydrogen) atoms. The molecule has 3 nitrogen and oxygen atoms in total. The first kappa shape index (κ1) is 10.5. The number of anilines is 1. The Kier molecular flexibility index (Phi) is 2.98. The fourth-order valence-electron chi connectivity index (χ4n) is 1.67. The fraction of sp³-hybridized carbons (Fsp3) is 0.364. The molecular weight excluding hydrogens is 210 g/mol. The second-order valence-corrected chi connectivity index (χ2v) is 4.73. The Balaban J connectivity index is 2.32. The van der Waals surface area contributed by atoms with Crippen molar-refractivity contribution in [3.63, 3.8) is 0 Å². The SMILES string of the molecule is CN1C(=O)C(CCO)Sc2ccccc21. The molecule has 1 aliphatic heterocycles. The molecule has 1 unspecified atom stereocenters. The summed E-state index contributed by atoms with van der Waals surface area (Å²) in [5.74, 6) is 0.0766. The molecule has 0 spiro atoms. The number of benzene rings is 1. The highest BCUT2D eigenvalue weighted by Crippen LogP contribution is 2.39. The summed E-state index contributed by atoms with van der Waals surface area (Å²) < 4.78 is 0. The number of aliphatic hydroxyl groups excluding tert-OH is 1. The van der Waals surface area contributed by atoms with E-state index in [9.17, 15) is 4.79 Å². The molecule has 1 heterocycles. The standard InChI is InChI=1S/C11H13NO2S/c1-12-8-4-2-3-5-9(8)15-10(6-7-13)11(12)14/h2-5,10,13H,6-7H2,1H3. The van der Waals surface area contributed by atoms with E-state index in [1.165, 1.54) is 0 Å². The predicted molar refractivity (Wildman–Crippen MR) is 61.2 cm³/mol. The Bertz CT molecular complexity index is 381. The number of nitrogens with zero attached hydrogens (tertiary/aromatic N) is 1. The van der Waals surface area contributed by atoms with Crippen LogP contribution in [0.5, 0.6) is 0 Å². The lowest BCUT2D eigenvalue weighted by Gasteiger charge is -2.30. The molecule has 1 aliphatic rings. The molecule has 4 heteroatoms. The normalized spacial score (nSPS) is 20.3. The van der Waals surface area contributed by atoms with Crippen LogP contribution < -0.4 is 4.90 Å². The van der Waals surface area contributed by atoms with Gasteiger partial charge in [-0.2, -0.15) is 0 Å². The smallest absolute Gasteiger partial charge is 0.240 e. The van der Waals surface area contributed by atoms with E-state index >= 15 is 0 Å². The predicted octanol–water partition coefficient (Wildman–Crippen LogP) is 1.51. The van der Waals surface area contributed by atoms with E-state index in [4.69, 9.17) is 5.11 Å². The Morgan fingerprint density at radius 3 is 2.93 bits per heavy atom. The third-order valence-corrected chi connectivity index (χ3v) is 3.81. The first-order valence-corrected chi connectivity index (χ1v) is 5.76. The molecule has 0 aliphatic carbocycles. The van der Waals surface area contributed by atoms with E-state index in [2.05, 4.69) is 0 Å². The first-order valence-electron chi connectivity index (χ1n) is 4.88. The zero-order valence-electron chi connectivity index (χ0n) is 8.51. The number of aliphatic hydroxyl groups is 1. The maximum atomic E-state index is 11.9. The van der Waals surface area contributed by atoms with E-state index in [1.807, 2.05) is 24.3 Å². The zero-order valence-corrected chi connectivity index (χ0v) is 9.33. The Hall–Kier alpha value is -1.00. The fourth-order valence-corrected chi connectivity index (χ4v) is 2.94. The Labute approximate surface area is 93.1 Å². The van der Waals surface area contributed by atoms with Crippen molar-refractivity contribution in [1.29, 1.82) is 0 Å². The van der Waals surface area contributed by atoms with Crippen LogP contribution >= 0.6 is 11.8 Å². The van der Waals surface area contributed by atoms with Crippen LogP contribution in [-0.2, 0) is 4.79 Å². The van der Waals surface area contributed by atoms with Crippen LogP contribution in [0.4, 0.5) is 5.69 Å². The zero-order chi connectivity index (χ0) is 10.8. The van der Waals surface area contributed by atoms with Crippen LogP contribution in [-0.4, -0.2) is 29.9 Å². The Morgan fingerprint density at radius 2 is 2.20 bits per heavy atom. The van der Waals surface area contributed by atoms with Gasteiger partial charge in [0.1, 0.15) is 0 Å². The summed E-state index contributed by atoms with van der Waals surface area (Å²) in [5, 5.41) is 8.74. The van der Waals surface area contributed by atoms with Gasteiger partial charge in [0.15, 0.2) is 0 Å². The minimum atomic E-state index is -0.144. The molecule has 0 bridgehead atoms. The molecule has 0 saturated carbocycles. The molecule has 0 saturated heterocycles. The molecule has 0 fully saturated rings. The third-order valence-electron chi connectivity index (χ3n) is 2.49. The molecule has 0 radical (unpaired) electrons. The van der Waals surface area contributed by atoms with E-state index < -0.39 is 0 Å². The summed E-state index contributed by atoms with van der Waals surface area (Å²) in [6, 6.07) is 7.84. The molecule has 1 N–H and O–H groups in total. The largest absolute Gasteiger partial charge is 0.396 e. The number of hydrogen-bond acceptors (Lipinski definition) is 3. The minimum Gasteiger partial charge on any atom is -0.396 e. The highest BCUT2D eigenvalue weighted by Gasteiger charge is 2.30. The molecule has 1 aromatic rings. The van der Waals surface area contributed by atoms with Crippen LogP contribution in [0.1, 0.15) is 6.42 Å². The maximum absolute atomic E-state index is 11.9. The lowest BCUT2D eigenvalue weighted by molar-refractivity contribution is -0.118. The van der Waals surface area contributed by atoms with Crippen LogP contribution in [0.15, 0.2) is 29.2 Å². The van der Waals surface area contributed by atoms with Gasteiger partial charge in [0.2, 0.25) is 5.91 Å². The summed E-state index contributed by atoms with van der Waals surface area (Å²) in [5.41, 5.74) is 0.960. The van der Waals surface area contributed by atoms with Gasteiger partial charge in [0.05, 0.1) is 10.9 Å². The van der Waals surface area contributed by atoms with Gasteiger partial charge in [0, 0.05) is 18.6 Å². The molecule has 0 aromatic heterocycles. The number of hydrogen-bond donors (Lipinski definition) is 1. The summed E-state index contributed by atoms with van der Waals surface area (Å²) in [4.78, 5) is 14.7. The lowest BCUT2D eigenvalue weighted by Crippen LogP contribution is -2.38. The first-order chi connectivity index (χ1) is 7.24. The van der Waals surface area contributed by atoms with Crippen molar-refractivity contribution in [2.24, 2.45) is 0 Å². The maximum Gasteiger partial charge on any atom is 0.240 e. The van der Waals surface area contributed by atoms with Gasteiger partial charge in [-0.1, -0.05) is 12.1 Å². The van der Waals surface area contributed by atoms with E-state index in [-0.39, 0.29) is 17.8 Å². The summed E-state index contributed by atoms with van der Waals surface area (Å²) in [6.45, 7) is 0.0550. The van der Waals surface area contributed by atoms with E-state index in [1.54, 1.807) is 23.7 Å². The number of para-hydroxylation sites is 1. The number of thioether (sulfide) groups is 1. The van der Waals surface area contributed by atoms with Gasteiger partial charge in [-0.25, -0.2) is 0 Å². The van der Waals surface area contributed by atoms with E-state index in [0.29, 0.717) is 6.42 Å². The van der Waals surface area contributed by atoms with Crippen molar-refractivity contribution >= 4 is 23.4 Å². The monoisotopic (exact) mass is 223 g/mol.